The van der Waals surface area contributed by atoms with Gasteiger partial charge in [-0.15, -0.1) is 0 Å². The summed E-state index contributed by atoms with van der Waals surface area (Å²) in [5.74, 6) is -0.786. The number of aromatic nitrogens is 1. The average Bonchev–Trinajstić information content (AvgIpc) is 2.72. The van der Waals surface area contributed by atoms with Gasteiger partial charge in [-0.1, -0.05) is 66.2 Å². The molecule has 0 atom stereocenters. The Morgan fingerprint density at radius 3 is 2.13 bits per heavy atom. The minimum Gasteiger partial charge on any atom is -0.366 e. The zero-order valence-corrected chi connectivity index (χ0v) is 16.1. The zero-order valence-electron chi connectivity index (χ0n) is 15.4. The van der Waals surface area contributed by atoms with E-state index in [2.05, 4.69) is 4.98 Å². The van der Waals surface area contributed by atoms with Crippen molar-refractivity contribution in [2.75, 3.05) is 0 Å². The molecule has 0 bridgehead atoms. The van der Waals surface area contributed by atoms with Crippen molar-refractivity contribution >= 4 is 28.4 Å². The molecule has 0 radical (unpaired) electrons. The monoisotopic (exact) mass is 426 g/mol. The number of nitrogens with zero attached hydrogens (tertiary/aromatic N) is 1. The topological polar surface area (TPSA) is 56.0 Å². The van der Waals surface area contributed by atoms with Crippen molar-refractivity contribution in [3.05, 3.63) is 88.9 Å². The predicted molar refractivity (Wildman–Crippen MR) is 111 cm³/mol. The molecule has 1 amide bonds. The third-order valence-electron chi connectivity index (χ3n) is 4.75. The Morgan fingerprint density at radius 1 is 0.867 bits per heavy atom. The van der Waals surface area contributed by atoms with Crippen LogP contribution in [0.1, 0.15) is 15.9 Å². The van der Waals surface area contributed by atoms with Crippen molar-refractivity contribution < 1.29 is 18.0 Å². The number of nitrogens with two attached hydrogens (primary N) is 1. The van der Waals surface area contributed by atoms with Gasteiger partial charge in [0.1, 0.15) is 0 Å². The van der Waals surface area contributed by atoms with Crippen molar-refractivity contribution in [1.82, 2.24) is 4.98 Å². The maximum atomic E-state index is 13.7. The van der Waals surface area contributed by atoms with Gasteiger partial charge in [-0.05, 0) is 23.8 Å². The minimum absolute atomic E-state index is 0.0512. The first-order valence-corrected chi connectivity index (χ1v) is 9.30. The fourth-order valence-corrected chi connectivity index (χ4v) is 3.60. The summed E-state index contributed by atoms with van der Waals surface area (Å²) in [5, 5.41) is 0.641. The number of primary amides is 1. The van der Waals surface area contributed by atoms with Crippen LogP contribution in [0.15, 0.2) is 72.8 Å². The lowest BCUT2D eigenvalue weighted by molar-refractivity contribution is -0.136. The van der Waals surface area contributed by atoms with Gasteiger partial charge in [-0.2, -0.15) is 13.2 Å². The van der Waals surface area contributed by atoms with Crippen molar-refractivity contribution in [1.29, 1.82) is 0 Å². The second-order valence-electron chi connectivity index (χ2n) is 6.65. The van der Waals surface area contributed by atoms with Crippen LogP contribution in [0, 0.1) is 0 Å². The first kappa shape index (κ1) is 19.9. The fourth-order valence-electron chi connectivity index (χ4n) is 3.48. The Bertz CT molecular complexity index is 1250. The molecule has 0 saturated carbocycles. The first-order chi connectivity index (χ1) is 14.3. The summed E-state index contributed by atoms with van der Waals surface area (Å²) in [5.41, 5.74) is 6.00. The molecule has 0 saturated heterocycles. The normalized spacial score (nSPS) is 11.6. The van der Waals surface area contributed by atoms with E-state index in [4.69, 9.17) is 17.3 Å². The molecule has 3 aromatic carbocycles. The van der Waals surface area contributed by atoms with Crippen molar-refractivity contribution in [2.24, 2.45) is 5.73 Å². The molecule has 0 aliphatic carbocycles. The van der Waals surface area contributed by atoms with Gasteiger partial charge in [-0.25, -0.2) is 4.98 Å². The van der Waals surface area contributed by atoms with Crippen LogP contribution in [0.25, 0.3) is 33.3 Å². The van der Waals surface area contributed by atoms with Crippen LogP contribution in [-0.4, -0.2) is 10.9 Å². The third kappa shape index (κ3) is 3.50. The number of fused-ring (bicyclic) bond motifs is 1. The summed E-state index contributed by atoms with van der Waals surface area (Å²) in [7, 11) is 0. The van der Waals surface area contributed by atoms with Crippen LogP contribution in [0.3, 0.4) is 0 Å². The summed E-state index contributed by atoms with van der Waals surface area (Å²) in [4.78, 5) is 16.8. The quantitative estimate of drug-likeness (QED) is 0.415. The second-order valence-corrected chi connectivity index (χ2v) is 7.08. The molecule has 2 N–H and O–H groups in total. The number of carbonyl (C=O) groups excluding carboxylic acids is 1. The predicted octanol–water partition coefficient (Wildman–Crippen LogP) is 6.34. The zero-order chi connectivity index (χ0) is 21.5. The van der Waals surface area contributed by atoms with Gasteiger partial charge in [0, 0.05) is 21.5 Å². The van der Waals surface area contributed by atoms with Gasteiger partial charge in [0.2, 0.25) is 0 Å². The number of rotatable bonds is 3. The van der Waals surface area contributed by atoms with Crippen molar-refractivity contribution in [3.8, 4) is 22.4 Å². The van der Waals surface area contributed by atoms with Gasteiger partial charge in [-0.3, -0.25) is 4.79 Å². The largest absolute Gasteiger partial charge is 0.418 e. The molecule has 1 heterocycles. The SMILES string of the molecule is NC(=O)c1c(-c2ccc(Cl)cc2)nc2c(C(F)(F)F)cccc2c1-c1ccccc1. The van der Waals surface area contributed by atoms with E-state index in [-0.39, 0.29) is 22.2 Å². The van der Waals surface area contributed by atoms with Crippen molar-refractivity contribution in [3.63, 3.8) is 0 Å². The first-order valence-electron chi connectivity index (χ1n) is 8.92. The number of hydrogen-bond acceptors (Lipinski definition) is 2. The summed E-state index contributed by atoms with van der Waals surface area (Å²) in [6, 6.07) is 18.8. The van der Waals surface area contributed by atoms with Gasteiger partial charge >= 0.3 is 6.18 Å². The lowest BCUT2D eigenvalue weighted by Crippen LogP contribution is -2.16. The van der Waals surface area contributed by atoms with Gasteiger partial charge < -0.3 is 5.73 Å². The number of alkyl halides is 3. The second kappa shape index (κ2) is 7.46. The Balaban J connectivity index is 2.22. The fraction of sp³-hybridized carbons (Fsp3) is 0.0435. The van der Waals surface area contributed by atoms with E-state index in [1.165, 1.54) is 12.1 Å². The van der Waals surface area contributed by atoms with E-state index in [0.29, 0.717) is 21.7 Å². The van der Waals surface area contributed by atoms with Crippen LogP contribution in [0.4, 0.5) is 13.2 Å². The number of amides is 1. The van der Waals surface area contributed by atoms with E-state index >= 15 is 0 Å². The Kier molecular flexibility index (Phi) is 4.95. The summed E-state index contributed by atoms with van der Waals surface area (Å²) < 4.78 is 41.2. The molecular weight excluding hydrogens is 413 g/mol. The average molecular weight is 427 g/mol. The van der Waals surface area contributed by atoms with Crippen LogP contribution < -0.4 is 5.73 Å². The molecule has 4 rings (SSSR count). The maximum Gasteiger partial charge on any atom is 0.418 e. The molecule has 4 aromatic rings. The smallest absolute Gasteiger partial charge is 0.366 e. The number of hydrogen-bond donors (Lipinski definition) is 1. The number of carbonyl (C=O) groups is 1. The standard InChI is InChI=1S/C23H14ClF3N2O/c24-15-11-9-14(10-12-15)20-19(22(28)30)18(13-5-2-1-3-6-13)16-7-4-8-17(21(16)29-20)23(25,26)27/h1-12H,(H2,28,30). The molecule has 7 heteroatoms. The van der Waals surface area contributed by atoms with E-state index in [0.717, 1.165) is 6.07 Å². The van der Waals surface area contributed by atoms with Crippen LogP contribution in [0.2, 0.25) is 5.02 Å². The lowest BCUT2D eigenvalue weighted by atomic mass is 9.90. The molecule has 30 heavy (non-hydrogen) atoms. The molecule has 0 aliphatic heterocycles. The summed E-state index contributed by atoms with van der Waals surface area (Å²) in [6.07, 6.45) is -4.62. The lowest BCUT2D eigenvalue weighted by Gasteiger charge is -2.18. The maximum absolute atomic E-state index is 13.7. The molecular formula is C23H14ClF3N2O. The van der Waals surface area contributed by atoms with Gasteiger partial charge in [0.05, 0.1) is 22.3 Å². The molecule has 0 aliphatic rings. The Hall–Kier alpha value is -3.38. The molecule has 150 valence electrons. The van der Waals surface area contributed by atoms with Crippen LogP contribution >= 0.6 is 11.6 Å². The highest BCUT2D eigenvalue weighted by molar-refractivity contribution is 6.30. The summed E-state index contributed by atoms with van der Waals surface area (Å²) >= 11 is 5.95. The highest BCUT2D eigenvalue weighted by Crippen LogP contribution is 2.41. The van der Waals surface area contributed by atoms with Crippen LogP contribution in [0.5, 0.6) is 0 Å². The highest BCUT2D eigenvalue weighted by Gasteiger charge is 2.34. The number of para-hydroxylation sites is 1. The van der Waals surface area contributed by atoms with Gasteiger partial charge in [0.25, 0.3) is 5.91 Å². The van der Waals surface area contributed by atoms with E-state index < -0.39 is 17.6 Å². The third-order valence-corrected chi connectivity index (χ3v) is 5.00. The number of benzene rings is 3. The van der Waals surface area contributed by atoms with Crippen LogP contribution in [-0.2, 0) is 6.18 Å². The summed E-state index contributed by atoms with van der Waals surface area (Å²) in [6.45, 7) is 0. The molecule has 0 fully saturated rings. The molecule has 1 aromatic heterocycles. The van der Waals surface area contributed by atoms with E-state index in [9.17, 15) is 18.0 Å². The number of pyridine rings is 1. The molecule has 3 nitrogen and oxygen atoms in total. The number of halogens is 4. The Labute approximate surface area is 174 Å². The van der Waals surface area contributed by atoms with Crippen molar-refractivity contribution in [2.45, 2.75) is 6.18 Å². The Morgan fingerprint density at radius 2 is 1.53 bits per heavy atom. The minimum atomic E-state index is -4.62. The molecule has 0 unspecified atom stereocenters. The van der Waals surface area contributed by atoms with Gasteiger partial charge in [0.15, 0.2) is 0 Å². The van der Waals surface area contributed by atoms with E-state index in [1.54, 1.807) is 54.6 Å². The van der Waals surface area contributed by atoms with E-state index in [1.807, 2.05) is 0 Å². The highest BCUT2D eigenvalue weighted by atomic mass is 35.5. The molecule has 0 spiro atoms.